The van der Waals surface area contributed by atoms with Crippen molar-refractivity contribution in [1.29, 1.82) is 0 Å². The van der Waals surface area contributed by atoms with E-state index in [4.69, 9.17) is 0 Å². The second-order valence-corrected chi connectivity index (χ2v) is 6.91. The molecule has 0 aliphatic heterocycles. The smallest absolute Gasteiger partial charge is 0.271 e. The van der Waals surface area contributed by atoms with E-state index in [1.807, 2.05) is 0 Å². The molecule has 0 spiro atoms. The molecule has 1 amide bonds. The molecule has 2 bridgehead atoms. The average molecular weight is 287 g/mol. The lowest BCUT2D eigenvalue weighted by molar-refractivity contribution is 0.0893. The van der Waals surface area contributed by atoms with Gasteiger partial charge in [0.2, 0.25) is 0 Å². The topological polar surface area (TPSA) is 64.0 Å². The Morgan fingerprint density at radius 3 is 2.86 bits per heavy atom. The van der Waals surface area contributed by atoms with Crippen LogP contribution in [-0.4, -0.2) is 21.7 Å². The van der Waals surface area contributed by atoms with Gasteiger partial charge in [-0.3, -0.25) is 9.59 Å². The van der Waals surface area contributed by atoms with Crippen molar-refractivity contribution in [1.82, 2.24) is 15.1 Å². The van der Waals surface area contributed by atoms with E-state index in [1.165, 1.54) is 42.5 Å². The molecule has 0 aromatic carbocycles. The number of amides is 1. The highest BCUT2D eigenvalue weighted by atomic mass is 16.2. The molecule has 0 radical (unpaired) electrons. The monoisotopic (exact) mass is 287 g/mol. The lowest BCUT2D eigenvalue weighted by atomic mass is 9.79. The Morgan fingerprint density at radius 1 is 1.24 bits per heavy atom. The molecule has 5 atom stereocenters. The maximum atomic E-state index is 12.3. The molecule has 3 fully saturated rings. The predicted molar refractivity (Wildman–Crippen MR) is 77.8 cm³/mol. The van der Waals surface area contributed by atoms with Gasteiger partial charge in [0.05, 0.1) is 0 Å². The fraction of sp³-hybridized carbons (Fsp3) is 0.688. The molecule has 0 saturated heterocycles. The third kappa shape index (κ3) is 2.01. The van der Waals surface area contributed by atoms with E-state index in [0.29, 0.717) is 17.7 Å². The molecule has 1 N–H and O–H groups in total. The number of nitrogens with zero attached hydrogens (tertiary/aromatic N) is 2. The van der Waals surface area contributed by atoms with Crippen molar-refractivity contribution in [3.63, 3.8) is 0 Å². The second kappa shape index (κ2) is 4.68. The number of carbonyl (C=O) groups is 1. The zero-order valence-electron chi connectivity index (χ0n) is 12.3. The molecule has 3 aliphatic carbocycles. The Kier molecular flexibility index (Phi) is 2.91. The van der Waals surface area contributed by atoms with Crippen LogP contribution in [0.2, 0.25) is 0 Å². The van der Waals surface area contributed by atoms with Crippen molar-refractivity contribution in [2.75, 3.05) is 0 Å². The SMILES string of the molecule is Cn1nc(C(=O)N[C@@H]2C[C@H]3C[C@H]2[C@H]2CCC[C@@H]32)ccc1=O. The van der Waals surface area contributed by atoms with Gasteiger partial charge in [-0.15, -0.1) is 0 Å². The van der Waals surface area contributed by atoms with Gasteiger partial charge in [-0.25, -0.2) is 4.68 Å². The zero-order valence-corrected chi connectivity index (χ0v) is 12.3. The highest BCUT2D eigenvalue weighted by molar-refractivity contribution is 5.92. The first-order valence-electron chi connectivity index (χ1n) is 7.98. The molecule has 112 valence electrons. The molecule has 3 aliphatic rings. The van der Waals surface area contributed by atoms with Gasteiger partial charge in [-0.2, -0.15) is 5.10 Å². The quantitative estimate of drug-likeness (QED) is 0.892. The fourth-order valence-electron chi connectivity index (χ4n) is 5.10. The van der Waals surface area contributed by atoms with Gasteiger partial charge in [0.1, 0.15) is 5.69 Å². The van der Waals surface area contributed by atoms with Crippen molar-refractivity contribution in [2.45, 2.75) is 38.1 Å². The van der Waals surface area contributed by atoms with Crippen LogP contribution in [0.5, 0.6) is 0 Å². The molecule has 1 aromatic heterocycles. The van der Waals surface area contributed by atoms with Crippen LogP contribution in [0.25, 0.3) is 0 Å². The van der Waals surface area contributed by atoms with Crippen LogP contribution in [0, 0.1) is 23.7 Å². The average Bonchev–Trinajstić information content (AvgIpc) is 3.13. The van der Waals surface area contributed by atoms with E-state index in [-0.39, 0.29) is 11.5 Å². The first-order chi connectivity index (χ1) is 10.1. The molecule has 3 saturated carbocycles. The predicted octanol–water partition coefficient (Wildman–Crippen LogP) is 1.33. The Hall–Kier alpha value is -1.65. The van der Waals surface area contributed by atoms with Gasteiger partial charge in [0, 0.05) is 19.2 Å². The minimum Gasteiger partial charge on any atom is -0.348 e. The lowest BCUT2D eigenvalue weighted by Gasteiger charge is -2.32. The number of carbonyl (C=O) groups excluding carboxylic acids is 1. The van der Waals surface area contributed by atoms with E-state index < -0.39 is 0 Å². The Morgan fingerprint density at radius 2 is 2.05 bits per heavy atom. The van der Waals surface area contributed by atoms with Crippen LogP contribution in [-0.2, 0) is 7.05 Å². The first-order valence-corrected chi connectivity index (χ1v) is 7.98. The minimum atomic E-state index is -0.194. The Bertz CT molecular complexity index is 639. The van der Waals surface area contributed by atoms with Crippen LogP contribution in [0.3, 0.4) is 0 Å². The van der Waals surface area contributed by atoms with Gasteiger partial charge < -0.3 is 5.32 Å². The van der Waals surface area contributed by atoms with E-state index in [2.05, 4.69) is 10.4 Å². The van der Waals surface area contributed by atoms with Gasteiger partial charge in [0.15, 0.2) is 0 Å². The number of rotatable bonds is 2. The lowest BCUT2D eigenvalue weighted by Crippen LogP contribution is -2.43. The molecule has 5 nitrogen and oxygen atoms in total. The maximum Gasteiger partial charge on any atom is 0.271 e. The summed E-state index contributed by atoms with van der Waals surface area (Å²) < 4.78 is 1.21. The van der Waals surface area contributed by atoms with Gasteiger partial charge in [-0.05, 0) is 55.4 Å². The van der Waals surface area contributed by atoms with E-state index in [0.717, 1.165) is 24.2 Å². The summed E-state index contributed by atoms with van der Waals surface area (Å²) in [6.07, 6.45) is 6.53. The first kappa shape index (κ1) is 13.0. The van der Waals surface area contributed by atoms with Crippen LogP contribution in [0.15, 0.2) is 16.9 Å². The Balaban J connectivity index is 1.48. The number of fused-ring (bicyclic) bond motifs is 5. The summed E-state index contributed by atoms with van der Waals surface area (Å²) in [7, 11) is 1.57. The van der Waals surface area contributed by atoms with Crippen LogP contribution >= 0.6 is 0 Å². The summed E-state index contributed by atoms with van der Waals surface area (Å²) in [6.45, 7) is 0. The summed E-state index contributed by atoms with van der Waals surface area (Å²) >= 11 is 0. The van der Waals surface area contributed by atoms with E-state index in [1.54, 1.807) is 7.05 Å². The van der Waals surface area contributed by atoms with E-state index >= 15 is 0 Å². The molecule has 1 aromatic rings. The standard InChI is InChI=1S/C16H21N3O2/c1-19-15(20)6-5-13(18-19)16(21)17-14-8-9-7-12(14)11-4-2-3-10(9)11/h5-6,9-12,14H,2-4,7-8H2,1H3,(H,17,21)/t9-,10+,11+,12+,14-/m1/s1. The van der Waals surface area contributed by atoms with Crippen molar-refractivity contribution in [3.05, 3.63) is 28.2 Å². The number of nitrogens with one attached hydrogen (secondary N) is 1. The number of hydrogen-bond acceptors (Lipinski definition) is 3. The number of aromatic nitrogens is 2. The fourth-order valence-corrected chi connectivity index (χ4v) is 5.10. The normalized spacial score (nSPS) is 36.7. The van der Waals surface area contributed by atoms with Gasteiger partial charge >= 0.3 is 0 Å². The second-order valence-electron chi connectivity index (χ2n) is 6.91. The van der Waals surface area contributed by atoms with Crippen molar-refractivity contribution >= 4 is 5.91 Å². The Labute approximate surface area is 123 Å². The summed E-state index contributed by atoms with van der Waals surface area (Å²) in [5.74, 6) is 3.11. The molecule has 0 unspecified atom stereocenters. The van der Waals surface area contributed by atoms with Crippen LogP contribution in [0.1, 0.15) is 42.6 Å². The molecule has 21 heavy (non-hydrogen) atoms. The highest BCUT2D eigenvalue weighted by Crippen LogP contribution is 2.58. The van der Waals surface area contributed by atoms with E-state index in [9.17, 15) is 9.59 Å². The van der Waals surface area contributed by atoms with Crippen molar-refractivity contribution in [2.24, 2.45) is 30.7 Å². The third-order valence-electron chi connectivity index (χ3n) is 5.94. The van der Waals surface area contributed by atoms with Crippen LogP contribution < -0.4 is 10.9 Å². The van der Waals surface area contributed by atoms with Crippen molar-refractivity contribution < 1.29 is 4.79 Å². The van der Waals surface area contributed by atoms with Crippen LogP contribution in [0.4, 0.5) is 0 Å². The summed E-state index contributed by atoms with van der Waals surface area (Å²) in [4.78, 5) is 23.7. The highest BCUT2D eigenvalue weighted by Gasteiger charge is 2.54. The summed E-state index contributed by atoms with van der Waals surface area (Å²) in [6, 6.07) is 3.22. The largest absolute Gasteiger partial charge is 0.348 e. The molecule has 1 heterocycles. The van der Waals surface area contributed by atoms with Crippen molar-refractivity contribution in [3.8, 4) is 0 Å². The molecule has 5 heteroatoms. The molecule has 4 rings (SSSR count). The molecular weight excluding hydrogens is 266 g/mol. The van der Waals surface area contributed by atoms with Gasteiger partial charge in [-0.1, -0.05) is 6.42 Å². The number of hydrogen-bond donors (Lipinski definition) is 1. The summed E-state index contributed by atoms with van der Waals surface area (Å²) in [5.41, 5.74) is 0.142. The zero-order chi connectivity index (χ0) is 14.6. The third-order valence-corrected chi connectivity index (χ3v) is 5.94. The summed E-state index contributed by atoms with van der Waals surface area (Å²) in [5, 5.41) is 7.20. The maximum absolute atomic E-state index is 12.3. The number of aryl methyl sites for hydroxylation is 1. The van der Waals surface area contributed by atoms with Gasteiger partial charge in [0.25, 0.3) is 11.5 Å². The molecular formula is C16H21N3O2. The minimum absolute atomic E-state index is 0.141.